The van der Waals surface area contributed by atoms with Crippen LogP contribution in [0.5, 0.6) is 0 Å². The first-order valence-electron chi connectivity index (χ1n) is 8.43. The van der Waals surface area contributed by atoms with Gasteiger partial charge >= 0.3 is 5.97 Å². The van der Waals surface area contributed by atoms with Gasteiger partial charge in [0.1, 0.15) is 0 Å². The number of hydrogen-bond acceptors (Lipinski definition) is 4. The van der Waals surface area contributed by atoms with Gasteiger partial charge in [-0.25, -0.2) is 0 Å². The van der Waals surface area contributed by atoms with Crippen LogP contribution in [0.4, 0.5) is 0 Å². The predicted octanol–water partition coefficient (Wildman–Crippen LogP) is 2.10. The molecule has 6 nitrogen and oxygen atoms in total. The van der Waals surface area contributed by atoms with E-state index in [1.165, 1.54) is 0 Å². The van der Waals surface area contributed by atoms with Crippen LogP contribution in [0.1, 0.15) is 68.2 Å². The molecule has 1 amide bonds. The van der Waals surface area contributed by atoms with E-state index in [9.17, 15) is 14.7 Å². The van der Waals surface area contributed by atoms with Gasteiger partial charge in [-0.05, 0) is 51.4 Å². The van der Waals surface area contributed by atoms with Gasteiger partial charge in [-0.2, -0.15) is 0 Å². The van der Waals surface area contributed by atoms with E-state index >= 15 is 0 Å². The summed E-state index contributed by atoms with van der Waals surface area (Å²) in [5, 5.41) is 9.77. The second kappa shape index (κ2) is 7.00. The van der Waals surface area contributed by atoms with Crippen LogP contribution in [-0.2, 0) is 9.59 Å². The summed E-state index contributed by atoms with van der Waals surface area (Å²) in [6, 6.07) is 0. The van der Waals surface area contributed by atoms with Gasteiger partial charge in [0.15, 0.2) is 0 Å². The Morgan fingerprint density at radius 1 is 0.875 bits per heavy atom. The van der Waals surface area contributed by atoms with Crippen molar-refractivity contribution in [2.24, 2.45) is 39.9 Å². The van der Waals surface area contributed by atoms with E-state index in [-0.39, 0.29) is 0 Å². The van der Waals surface area contributed by atoms with Crippen molar-refractivity contribution >= 4 is 11.9 Å². The Bertz CT molecular complexity index is 471. The Labute approximate surface area is 146 Å². The average molecular weight is 344 g/mol. The summed E-state index contributed by atoms with van der Waals surface area (Å²) in [5.41, 5.74) is 15.3. The topological polar surface area (TPSA) is 132 Å². The van der Waals surface area contributed by atoms with E-state index in [4.69, 9.17) is 17.2 Å². The summed E-state index contributed by atoms with van der Waals surface area (Å²) in [5.74, 6) is -2.54. The molecule has 0 heterocycles. The Hall–Kier alpha value is -1.14. The third-order valence-corrected chi connectivity index (χ3v) is 5.60. The van der Waals surface area contributed by atoms with Gasteiger partial charge in [0.25, 0.3) is 0 Å². The zero-order valence-corrected chi connectivity index (χ0v) is 16.6. The van der Waals surface area contributed by atoms with Crippen LogP contribution in [0.3, 0.4) is 0 Å². The summed E-state index contributed by atoms with van der Waals surface area (Å²) in [4.78, 5) is 23.8. The summed E-state index contributed by atoms with van der Waals surface area (Å²) in [6.45, 7) is 14.9. The Morgan fingerprint density at radius 3 is 1.54 bits per heavy atom. The van der Waals surface area contributed by atoms with Crippen LogP contribution in [0, 0.1) is 22.7 Å². The van der Waals surface area contributed by atoms with E-state index in [0.717, 1.165) is 0 Å². The molecule has 0 fully saturated rings. The minimum absolute atomic E-state index is 0.339. The molecule has 0 radical (unpaired) electrons. The number of nitrogens with two attached hydrogens (primary N) is 3. The molecule has 0 aromatic heterocycles. The monoisotopic (exact) mass is 343 g/mol. The van der Waals surface area contributed by atoms with Crippen LogP contribution in [-0.4, -0.2) is 28.1 Å². The maximum atomic E-state index is 11.9. The lowest BCUT2D eigenvalue weighted by Crippen LogP contribution is -2.53. The molecule has 0 aromatic carbocycles. The van der Waals surface area contributed by atoms with Gasteiger partial charge in [-0.3, -0.25) is 9.59 Å². The molecule has 0 rings (SSSR count). The molecule has 0 saturated heterocycles. The number of amides is 1. The van der Waals surface area contributed by atoms with Gasteiger partial charge in [0.05, 0.1) is 11.8 Å². The SMILES string of the molecule is CC(C)(N)CC(C(=O)O)C(C)(C)C(C)(C)CC(C(N)=O)C(C)(C)N. The summed E-state index contributed by atoms with van der Waals surface area (Å²) in [6.07, 6.45) is 0.750. The van der Waals surface area contributed by atoms with Gasteiger partial charge in [0, 0.05) is 11.1 Å². The van der Waals surface area contributed by atoms with Crippen molar-refractivity contribution in [3.63, 3.8) is 0 Å². The third-order valence-electron chi connectivity index (χ3n) is 5.60. The summed E-state index contributed by atoms with van der Waals surface area (Å²) in [7, 11) is 0. The molecule has 0 aliphatic heterocycles. The van der Waals surface area contributed by atoms with Crippen molar-refractivity contribution in [1.82, 2.24) is 0 Å². The van der Waals surface area contributed by atoms with Crippen LogP contribution >= 0.6 is 0 Å². The molecular formula is C18H37N3O3. The molecule has 0 saturated carbocycles. The van der Waals surface area contributed by atoms with E-state index in [1.807, 2.05) is 41.5 Å². The highest BCUT2D eigenvalue weighted by molar-refractivity contribution is 5.78. The van der Waals surface area contributed by atoms with Crippen molar-refractivity contribution < 1.29 is 14.7 Å². The number of carbonyl (C=O) groups excluding carboxylic acids is 1. The molecular weight excluding hydrogens is 306 g/mol. The van der Waals surface area contributed by atoms with Gasteiger partial charge in [-0.1, -0.05) is 27.7 Å². The number of carboxylic acid groups (broad SMARTS) is 1. The van der Waals surface area contributed by atoms with Crippen LogP contribution < -0.4 is 17.2 Å². The Morgan fingerprint density at radius 2 is 1.29 bits per heavy atom. The van der Waals surface area contributed by atoms with Crippen molar-refractivity contribution in [2.75, 3.05) is 0 Å². The molecule has 0 aliphatic rings. The lowest BCUT2D eigenvalue weighted by Gasteiger charge is -2.49. The average Bonchev–Trinajstić information content (AvgIpc) is 2.29. The molecule has 0 aliphatic carbocycles. The number of aliphatic carboxylic acids is 1. The fourth-order valence-corrected chi connectivity index (χ4v) is 3.15. The zero-order chi connectivity index (χ0) is 19.7. The molecule has 0 bridgehead atoms. The van der Waals surface area contributed by atoms with Gasteiger partial charge in [0.2, 0.25) is 5.91 Å². The minimum atomic E-state index is -0.880. The van der Waals surface area contributed by atoms with E-state index in [2.05, 4.69) is 0 Å². The summed E-state index contributed by atoms with van der Waals surface area (Å²) < 4.78 is 0. The molecule has 142 valence electrons. The van der Waals surface area contributed by atoms with E-state index in [0.29, 0.717) is 12.8 Å². The fraction of sp³-hybridized carbons (Fsp3) is 0.889. The number of carboxylic acids is 1. The fourth-order valence-electron chi connectivity index (χ4n) is 3.15. The first-order chi connectivity index (χ1) is 10.3. The van der Waals surface area contributed by atoms with Gasteiger partial charge < -0.3 is 22.3 Å². The van der Waals surface area contributed by atoms with E-state index in [1.54, 1.807) is 13.8 Å². The standard InChI is InChI=1S/C18H37N3O3/c1-15(2,9-11(13(19)22)18(7,8)21)17(5,6)12(14(23)24)10-16(3,4)20/h11-12H,9-10,20-21H2,1-8H3,(H2,19,22)(H,23,24). The maximum absolute atomic E-state index is 11.9. The van der Waals surface area contributed by atoms with Crippen LogP contribution in [0.15, 0.2) is 0 Å². The smallest absolute Gasteiger partial charge is 0.307 e. The highest BCUT2D eigenvalue weighted by Crippen LogP contribution is 2.51. The normalized spacial score (nSPS) is 16.6. The summed E-state index contributed by atoms with van der Waals surface area (Å²) >= 11 is 0. The quantitative estimate of drug-likeness (QED) is 0.509. The number of hydrogen-bond donors (Lipinski definition) is 4. The lowest BCUT2D eigenvalue weighted by molar-refractivity contribution is -0.152. The second-order valence-corrected chi connectivity index (χ2v) is 9.67. The highest BCUT2D eigenvalue weighted by atomic mass is 16.4. The number of primary amides is 1. The molecule has 2 atom stereocenters. The highest BCUT2D eigenvalue weighted by Gasteiger charge is 2.50. The second-order valence-electron chi connectivity index (χ2n) is 9.67. The minimum Gasteiger partial charge on any atom is -0.481 e. The lowest BCUT2D eigenvalue weighted by atomic mass is 9.55. The molecule has 24 heavy (non-hydrogen) atoms. The maximum Gasteiger partial charge on any atom is 0.307 e. The van der Waals surface area contributed by atoms with Crippen LogP contribution in [0.25, 0.3) is 0 Å². The Balaban J connectivity index is 5.77. The number of carbonyl (C=O) groups is 2. The third kappa shape index (κ3) is 5.74. The van der Waals surface area contributed by atoms with Gasteiger partial charge in [-0.15, -0.1) is 0 Å². The van der Waals surface area contributed by atoms with Crippen molar-refractivity contribution in [3.8, 4) is 0 Å². The molecule has 2 unspecified atom stereocenters. The molecule has 0 spiro atoms. The van der Waals surface area contributed by atoms with Crippen molar-refractivity contribution in [2.45, 2.75) is 79.3 Å². The first kappa shape index (κ1) is 22.9. The molecule has 7 N–H and O–H groups in total. The number of rotatable bonds is 9. The first-order valence-corrected chi connectivity index (χ1v) is 8.43. The largest absolute Gasteiger partial charge is 0.481 e. The molecule has 0 aromatic rings. The predicted molar refractivity (Wildman–Crippen MR) is 97.1 cm³/mol. The van der Waals surface area contributed by atoms with Crippen molar-refractivity contribution in [1.29, 1.82) is 0 Å². The van der Waals surface area contributed by atoms with Crippen molar-refractivity contribution in [3.05, 3.63) is 0 Å². The Kier molecular flexibility index (Phi) is 6.67. The van der Waals surface area contributed by atoms with Crippen LogP contribution in [0.2, 0.25) is 0 Å². The van der Waals surface area contributed by atoms with E-state index < -0.39 is 45.6 Å². The molecule has 6 heteroatoms. The zero-order valence-electron chi connectivity index (χ0n) is 16.6.